The van der Waals surface area contributed by atoms with Crippen molar-refractivity contribution < 1.29 is 14.7 Å². The lowest BCUT2D eigenvalue weighted by Crippen LogP contribution is -2.21. The molecule has 0 amide bonds. The smallest absolute Gasteiger partial charge is 0.311 e. The van der Waals surface area contributed by atoms with Gasteiger partial charge < -0.3 is 10.8 Å². The number of ketones is 1. The molecule has 4 nitrogen and oxygen atoms in total. The molecule has 1 atom stereocenters. The molecular weight excluding hydrogens is 182 g/mol. The minimum atomic E-state index is -0.899. The zero-order chi connectivity index (χ0) is 10.7. The van der Waals surface area contributed by atoms with Crippen molar-refractivity contribution in [1.29, 1.82) is 0 Å². The van der Waals surface area contributed by atoms with E-state index in [2.05, 4.69) is 0 Å². The largest absolute Gasteiger partial charge is 0.481 e. The van der Waals surface area contributed by atoms with Gasteiger partial charge in [-0.1, -0.05) is 13.0 Å². The van der Waals surface area contributed by atoms with Gasteiger partial charge in [-0.2, -0.15) is 0 Å². The van der Waals surface area contributed by atoms with Crippen molar-refractivity contribution >= 4 is 11.8 Å². The second kappa shape index (κ2) is 4.09. The molecule has 3 N–H and O–H groups in total. The van der Waals surface area contributed by atoms with Crippen molar-refractivity contribution in [3.8, 4) is 0 Å². The molecule has 0 aliphatic heterocycles. The molecule has 0 saturated carbocycles. The van der Waals surface area contributed by atoms with Gasteiger partial charge in [0.2, 0.25) is 0 Å². The van der Waals surface area contributed by atoms with Crippen LogP contribution in [0.1, 0.15) is 19.8 Å². The maximum atomic E-state index is 11.0. The van der Waals surface area contributed by atoms with E-state index in [1.165, 1.54) is 12.2 Å². The molecule has 76 valence electrons. The Morgan fingerprint density at radius 1 is 1.64 bits per heavy atom. The van der Waals surface area contributed by atoms with Gasteiger partial charge in [-0.15, -0.1) is 0 Å². The molecule has 1 unspecified atom stereocenters. The van der Waals surface area contributed by atoms with Gasteiger partial charge in [0.15, 0.2) is 5.78 Å². The predicted octanol–water partition coefficient (Wildman–Crippen LogP) is 0.839. The molecule has 4 heteroatoms. The molecule has 0 bridgehead atoms. The van der Waals surface area contributed by atoms with Crippen LogP contribution >= 0.6 is 0 Å². The fraction of sp³-hybridized carbons (Fsp3) is 0.400. The van der Waals surface area contributed by atoms with Crippen LogP contribution < -0.4 is 5.73 Å². The lowest BCUT2D eigenvalue weighted by Gasteiger charge is -2.17. The van der Waals surface area contributed by atoms with Gasteiger partial charge in [0, 0.05) is 5.70 Å². The molecule has 1 aliphatic rings. The summed E-state index contributed by atoms with van der Waals surface area (Å²) in [5, 5.41) is 8.90. The van der Waals surface area contributed by atoms with Crippen molar-refractivity contribution in [3.63, 3.8) is 0 Å². The zero-order valence-corrected chi connectivity index (χ0v) is 7.99. The summed E-state index contributed by atoms with van der Waals surface area (Å²) in [4.78, 5) is 21.8. The van der Waals surface area contributed by atoms with Crippen LogP contribution in [0.15, 0.2) is 23.4 Å². The summed E-state index contributed by atoms with van der Waals surface area (Å²) < 4.78 is 0. The number of allylic oxidation sites excluding steroid dienone is 3. The van der Waals surface area contributed by atoms with Gasteiger partial charge in [0.1, 0.15) is 0 Å². The summed E-state index contributed by atoms with van der Waals surface area (Å²) in [5.74, 6) is -1.57. The maximum absolute atomic E-state index is 11.0. The summed E-state index contributed by atoms with van der Waals surface area (Å²) in [6.07, 6.45) is 3.51. The molecular formula is C10H13NO3. The number of nitrogens with two attached hydrogens (primary N) is 1. The van der Waals surface area contributed by atoms with Crippen molar-refractivity contribution in [2.24, 2.45) is 11.7 Å². The number of carboxylic acid groups (broad SMARTS) is 1. The van der Waals surface area contributed by atoms with Crippen LogP contribution in [0, 0.1) is 5.92 Å². The Morgan fingerprint density at radius 2 is 2.29 bits per heavy atom. The Morgan fingerprint density at radius 3 is 2.71 bits per heavy atom. The van der Waals surface area contributed by atoms with Crippen LogP contribution in [-0.4, -0.2) is 16.9 Å². The van der Waals surface area contributed by atoms with Crippen LogP contribution in [0.5, 0.6) is 0 Å². The second-order valence-corrected chi connectivity index (χ2v) is 3.26. The molecule has 0 spiro atoms. The summed E-state index contributed by atoms with van der Waals surface area (Å²) in [6.45, 7) is 1.78. The number of hydrogen-bond acceptors (Lipinski definition) is 3. The molecule has 14 heavy (non-hydrogen) atoms. The number of rotatable bonds is 3. The molecule has 0 radical (unpaired) electrons. The van der Waals surface area contributed by atoms with Crippen LogP contribution in [-0.2, 0) is 9.59 Å². The molecule has 0 saturated heterocycles. The Balaban J connectivity index is 2.97. The van der Waals surface area contributed by atoms with E-state index in [1.54, 1.807) is 6.92 Å². The van der Waals surface area contributed by atoms with Crippen LogP contribution in [0.4, 0.5) is 0 Å². The molecule has 0 aromatic carbocycles. The van der Waals surface area contributed by atoms with Gasteiger partial charge in [0.25, 0.3) is 0 Å². The highest BCUT2D eigenvalue weighted by atomic mass is 16.4. The molecule has 1 rings (SSSR count). The van der Waals surface area contributed by atoms with Crippen molar-refractivity contribution in [2.75, 3.05) is 0 Å². The summed E-state index contributed by atoms with van der Waals surface area (Å²) >= 11 is 0. The summed E-state index contributed by atoms with van der Waals surface area (Å²) in [7, 11) is 0. The zero-order valence-electron chi connectivity index (χ0n) is 7.99. The van der Waals surface area contributed by atoms with Crippen LogP contribution in [0.3, 0.4) is 0 Å². The van der Waals surface area contributed by atoms with E-state index in [9.17, 15) is 9.59 Å². The monoisotopic (exact) mass is 195 g/mol. The fourth-order valence-corrected chi connectivity index (χ4v) is 1.51. The topological polar surface area (TPSA) is 80.4 Å². The Bertz CT molecular complexity index is 328. The molecule has 0 aromatic rings. The molecule has 0 fully saturated rings. The van der Waals surface area contributed by atoms with Gasteiger partial charge in [-0.25, -0.2) is 0 Å². The van der Waals surface area contributed by atoms with Crippen molar-refractivity contribution in [2.45, 2.75) is 19.8 Å². The van der Waals surface area contributed by atoms with E-state index < -0.39 is 11.9 Å². The van der Waals surface area contributed by atoms with Crippen LogP contribution in [0.2, 0.25) is 0 Å². The lowest BCUT2D eigenvalue weighted by molar-refractivity contribution is -0.140. The molecule has 1 aliphatic carbocycles. The van der Waals surface area contributed by atoms with Gasteiger partial charge in [-0.05, 0) is 18.1 Å². The number of carboxylic acids is 1. The van der Waals surface area contributed by atoms with Crippen molar-refractivity contribution in [1.82, 2.24) is 0 Å². The normalized spacial score (nSPS) is 18.5. The highest BCUT2D eigenvalue weighted by molar-refractivity contribution is 5.94. The van der Waals surface area contributed by atoms with E-state index in [0.717, 1.165) is 0 Å². The Labute approximate surface area is 82.1 Å². The van der Waals surface area contributed by atoms with Crippen molar-refractivity contribution in [3.05, 3.63) is 23.4 Å². The highest BCUT2D eigenvalue weighted by Crippen LogP contribution is 2.23. The molecule has 0 heterocycles. The first-order chi connectivity index (χ1) is 6.56. The number of aliphatic carboxylic acids is 1. The SMILES string of the molecule is CCC(C(=O)O)C1=C(N)CC(=O)C=C1. The van der Waals surface area contributed by atoms with E-state index in [4.69, 9.17) is 10.8 Å². The summed E-state index contributed by atoms with van der Waals surface area (Å²) in [5.41, 5.74) is 6.58. The highest BCUT2D eigenvalue weighted by Gasteiger charge is 2.23. The van der Waals surface area contributed by atoms with E-state index >= 15 is 0 Å². The van der Waals surface area contributed by atoms with Crippen LogP contribution in [0.25, 0.3) is 0 Å². The average Bonchev–Trinajstić information content (AvgIpc) is 2.09. The third-order valence-corrected chi connectivity index (χ3v) is 2.27. The van der Waals surface area contributed by atoms with E-state index in [-0.39, 0.29) is 12.2 Å². The van der Waals surface area contributed by atoms with Gasteiger partial charge >= 0.3 is 5.97 Å². The fourth-order valence-electron chi connectivity index (χ4n) is 1.51. The predicted molar refractivity (Wildman–Crippen MR) is 51.4 cm³/mol. The van der Waals surface area contributed by atoms with Gasteiger partial charge in [-0.3, -0.25) is 9.59 Å². The first-order valence-electron chi connectivity index (χ1n) is 4.48. The lowest BCUT2D eigenvalue weighted by atomic mass is 9.90. The summed E-state index contributed by atoms with van der Waals surface area (Å²) in [6, 6.07) is 0. The van der Waals surface area contributed by atoms with E-state index in [0.29, 0.717) is 17.7 Å². The molecule has 0 aromatic heterocycles. The average molecular weight is 195 g/mol. The third kappa shape index (κ3) is 2.02. The first kappa shape index (κ1) is 10.5. The standard InChI is InChI=1S/C10H13NO3/c1-2-7(10(13)14)8-4-3-6(12)5-9(8)11/h3-4,7H,2,5,11H2,1H3,(H,13,14). The quantitative estimate of drug-likeness (QED) is 0.699. The number of hydrogen-bond donors (Lipinski definition) is 2. The second-order valence-electron chi connectivity index (χ2n) is 3.26. The first-order valence-corrected chi connectivity index (χ1v) is 4.48. The van der Waals surface area contributed by atoms with E-state index in [1.807, 2.05) is 0 Å². The minimum absolute atomic E-state index is 0.0773. The Kier molecular flexibility index (Phi) is 3.06. The van der Waals surface area contributed by atoms with Gasteiger partial charge in [0.05, 0.1) is 12.3 Å². The third-order valence-electron chi connectivity index (χ3n) is 2.27. The Hall–Kier alpha value is -1.58. The number of carbonyl (C=O) groups excluding carboxylic acids is 1. The minimum Gasteiger partial charge on any atom is -0.481 e. The number of carbonyl (C=O) groups is 2. The maximum Gasteiger partial charge on any atom is 0.311 e.